The van der Waals surface area contributed by atoms with Gasteiger partial charge in [-0.1, -0.05) is 6.92 Å². The maximum Gasteiger partial charge on any atom is 0.400 e. The van der Waals surface area contributed by atoms with Crippen LogP contribution in [-0.4, -0.2) is 36.1 Å². The van der Waals surface area contributed by atoms with Crippen molar-refractivity contribution in [3.8, 4) is 0 Å². The van der Waals surface area contributed by atoms with Gasteiger partial charge in [0.15, 0.2) is 0 Å². The fourth-order valence-electron chi connectivity index (χ4n) is 2.15. The summed E-state index contributed by atoms with van der Waals surface area (Å²) in [5.74, 6) is -2.38. The lowest BCUT2D eigenvalue weighted by atomic mass is 9.91. The lowest BCUT2D eigenvalue weighted by Gasteiger charge is -2.39. The first-order valence-corrected chi connectivity index (χ1v) is 5.84. The molecule has 1 saturated heterocycles. The van der Waals surface area contributed by atoms with Crippen molar-refractivity contribution >= 4 is 18.3 Å². The maximum absolute atomic E-state index is 12.5. The first-order chi connectivity index (χ1) is 7.77. The SMILES string of the molecule is CC1CCN(C(=O)C(C)C(F)(F)F)C(CN)C1.Cl. The summed E-state index contributed by atoms with van der Waals surface area (Å²) in [7, 11) is 0. The van der Waals surface area contributed by atoms with Gasteiger partial charge in [-0.3, -0.25) is 4.79 Å². The average Bonchev–Trinajstić information content (AvgIpc) is 2.25. The van der Waals surface area contributed by atoms with Gasteiger partial charge in [0, 0.05) is 19.1 Å². The van der Waals surface area contributed by atoms with Crippen molar-refractivity contribution < 1.29 is 18.0 Å². The second kappa shape index (κ2) is 6.61. The molecule has 1 rings (SSSR count). The fourth-order valence-corrected chi connectivity index (χ4v) is 2.15. The molecule has 0 bridgehead atoms. The maximum atomic E-state index is 12.5. The molecule has 1 heterocycles. The Kier molecular flexibility index (Phi) is 6.43. The average molecular weight is 289 g/mol. The molecule has 3 atom stereocenters. The van der Waals surface area contributed by atoms with E-state index >= 15 is 0 Å². The third kappa shape index (κ3) is 4.02. The van der Waals surface area contributed by atoms with E-state index in [4.69, 9.17) is 5.73 Å². The number of likely N-dealkylation sites (tertiary alicyclic amines) is 1. The van der Waals surface area contributed by atoms with Crippen LogP contribution in [0, 0.1) is 11.8 Å². The number of nitrogens with two attached hydrogens (primary N) is 1. The summed E-state index contributed by atoms with van der Waals surface area (Å²) >= 11 is 0. The predicted octanol–water partition coefficient (Wildman–Crippen LogP) is 2.19. The Balaban J connectivity index is 0.00000289. The molecule has 1 aliphatic rings. The molecule has 0 aromatic carbocycles. The monoisotopic (exact) mass is 288 g/mol. The highest BCUT2D eigenvalue weighted by Crippen LogP contribution is 2.30. The minimum absolute atomic E-state index is 0. The predicted molar refractivity (Wildman–Crippen MR) is 65.4 cm³/mol. The number of carbonyl (C=O) groups excluding carboxylic acids is 1. The smallest absolute Gasteiger partial charge is 0.338 e. The number of carbonyl (C=O) groups is 1. The summed E-state index contributed by atoms with van der Waals surface area (Å²) in [5.41, 5.74) is 5.53. The van der Waals surface area contributed by atoms with Crippen LogP contribution in [0.4, 0.5) is 13.2 Å². The molecule has 1 fully saturated rings. The first-order valence-electron chi connectivity index (χ1n) is 5.84. The number of alkyl halides is 3. The van der Waals surface area contributed by atoms with Gasteiger partial charge in [-0.05, 0) is 25.7 Å². The van der Waals surface area contributed by atoms with E-state index in [-0.39, 0.29) is 25.0 Å². The molecule has 3 nitrogen and oxygen atoms in total. The van der Waals surface area contributed by atoms with Gasteiger partial charge in [0.2, 0.25) is 5.91 Å². The number of nitrogens with zero attached hydrogens (tertiary/aromatic N) is 1. The fraction of sp³-hybridized carbons (Fsp3) is 0.909. The van der Waals surface area contributed by atoms with Crippen molar-refractivity contribution in [3.05, 3.63) is 0 Å². The number of halogens is 4. The Morgan fingerprint density at radius 3 is 2.50 bits per heavy atom. The van der Waals surface area contributed by atoms with E-state index in [1.807, 2.05) is 6.92 Å². The van der Waals surface area contributed by atoms with Crippen LogP contribution in [0.25, 0.3) is 0 Å². The zero-order valence-electron chi connectivity index (χ0n) is 10.5. The van der Waals surface area contributed by atoms with E-state index in [1.54, 1.807) is 0 Å². The normalized spacial score (nSPS) is 26.4. The standard InChI is InChI=1S/C11H19F3N2O.ClH/c1-7-3-4-16(9(5-7)6-15)10(17)8(2)11(12,13)14;/h7-9H,3-6,15H2,1-2H3;1H. The molecule has 0 saturated carbocycles. The van der Waals surface area contributed by atoms with Gasteiger partial charge >= 0.3 is 6.18 Å². The molecule has 0 aliphatic carbocycles. The number of rotatable bonds is 2. The Hall–Kier alpha value is -0.490. The van der Waals surface area contributed by atoms with Crippen molar-refractivity contribution in [3.63, 3.8) is 0 Å². The largest absolute Gasteiger partial charge is 0.400 e. The van der Waals surface area contributed by atoms with Crippen molar-refractivity contribution in [2.24, 2.45) is 17.6 Å². The number of amides is 1. The van der Waals surface area contributed by atoms with Crippen molar-refractivity contribution in [1.29, 1.82) is 0 Å². The van der Waals surface area contributed by atoms with Crippen LogP contribution in [0.3, 0.4) is 0 Å². The molecule has 1 aliphatic heterocycles. The highest BCUT2D eigenvalue weighted by atomic mass is 35.5. The minimum Gasteiger partial charge on any atom is -0.338 e. The van der Waals surface area contributed by atoms with Crippen LogP contribution >= 0.6 is 12.4 Å². The van der Waals surface area contributed by atoms with E-state index in [2.05, 4.69) is 0 Å². The third-order valence-electron chi connectivity index (χ3n) is 3.39. The molecule has 0 spiro atoms. The van der Waals surface area contributed by atoms with Crippen LogP contribution in [-0.2, 0) is 4.79 Å². The Bertz CT molecular complexity index is 286. The quantitative estimate of drug-likeness (QED) is 0.847. The number of piperidine rings is 1. The second-order valence-electron chi connectivity index (χ2n) is 4.81. The molecule has 2 N–H and O–H groups in total. The van der Waals surface area contributed by atoms with Crippen molar-refractivity contribution in [1.82, 2.24) is 4.90 Å². The lowest BCUT2D eigenvalue weighted by Crippen LogP contribution is -2.52. The number of hydrogen-bond donors (Lipinski definition) is 1. The Labute approximate surface area is 111 Å². The zero-order chi connectivity index (χ0) is 13.2. The summed E-state index contributed by atoms with van der Waals surface area (Å²) in [5, 5.41) is 0. The summed E-state index contributed by atoms with van der Waals surface area (Å²) < 4.78 is 37.5. The van der Waals surface area contributed by atoms with Gasteiger partial charge < -0.3 is 10.6 Å². The van der Waals surface area contributed by atoms with Gasteiger partial charge in [-0.15, -0.1) is 12.4 Å². The molecular weight excluding hydrogens is 269 g/mol. The van der Waals surface area contributed by atoms with Gasteiger partial charge in [0.25, 0.3) is 0 Å². The molecule has 1 amide bonds. The van der Waals surface area contributed by atoms with Crippen LogP contribution in [0.5, 0.6) is 0 Å². The van der Waals surface area contributed by atoms with Gasteiger partial charge in [-0.2, -0.15) is 13.2 Å². The number of hydrogen-bond acceptors (Lipinski definition) is 2. The molecule has 0 aromatic rings. The Morgan fingerprint density at radius 2 is 2.06 bits per heavy atom. The van der Waals surface area contributed by atoms with Crippen LogP contribution in [0.2, 0.25) is 0 Å². The van der Waals surface area contributed by atoms with Crippen molar-refractivity contribution in [2.75, 3.05) is 13.1 Å². The molecular formula is C11H20ClF3N2O. The molecule has 18 heavy (non-hydrogen) atoms. The van der Waals surface area contributed by atoms with Crippen LogP contribution in [0.15, 0.2) is 0 Å². The van der Waals surface area contributed by atoms with E-state index in [1.165, 1.54) is 4.90 Å². The molecule has 108 valence electrons. The van der Waals surface area contributed by atoms with E-state index in [0.717, 1.165) is 13.3 Å². The van der Waals surface area contributed by atoms with E-state index in [9.17, 15) is 18.0 Å². The highest BCUT2D eigenvalue weighted by molar-refractivity contribution is 5.85. The summed E-state index contributed by atoms with van der Waals surface area (Å²) in [6, 6.07) is -0.254. The topological polar surface area (TPSA) is 46.3 Å². The van der Waals surface area contributed by atoms with Crippen LogP contribution < -0.4 is 5.73 Å². The molecule has 3 unspecified atom stereocenters. The Morgan fingerprint density at radius 1 is 1.50 bits per heavy atom. The van der Waals surface area contributed by atoms with E-state index < -0.39 is 18.0 Å². The van der Waals surface area contributed by atoms with Gasteiger partial charge in [-0.25, -0.2) is 0 Å². The van der Waals surface area contributed by atoms with Crippen LogP contribution in [0.1, 0.15) is 26.7 Å². The lowest BCUT2D eigenvalue weighted by molar-refractivity contribution is -0.187. The molecule has 0 aromatic heterocycles. The molecule has 7 heteroatoms. The second-order valence-corrected chi connectivity index (χ2v) is 4.81. The van der Waals surface area contributed by atoms with Gasteiger partial charge in [0.05, 0.1) is 0 Å². The molecule has 0 radical (unpaired) electrons. The summed E-state index contributed by atoms with van der Waals surface area (Å²) in [6.07, 6.45) is -3.04. The minimum atomic E-state index is -4.47. The zero-order valence-corrected chi connectivity index (χ0v) is 11.4. The van der Waals surface area contributed by atoms with Gasteiger partial charge in [0.1, 0.15) is 5.92 Å². The first kappa shape index (κ1) is 17.5. The summed E-state index contributed by atoms with van der Waals surface area (Å²) in [4.78, 5) is 13.1. The third-order valence-corrected chi connectivity index (χ3v) is 3.39. The summed E-state index contributed by atoms with van der Waals surface area (Å²) in [6.45, 7) is 3.54. The highest BCUT2D eigenvalue weighted by Gasteiger charge is 2.44. The van der Waals surface area contributed by atoms with Crippen molar-refractivity contribution in [2.45, 2.75) is 38.9 Å². The van der Waals surface area contributed by atoms with E-state index in [0.29, 0.717) is 18.9 Å².